The molecule has 0 aromatic carbocycles. The van der Waals surface area contributed by atoms with E-state index in [1.165, 1.54) is 13.1 Å². The Labute approximate surface area is 77.2 Å². The normalized spacial score (nSPS) is 10.9. The number of rotatable bonds is 4. The van der Waals surface area contributed by atoms with Crippen LogP contribution in [0.15, 0.2) is 24.3 Å². The molecule has 0 saturated heterocycles. The minimum atomic E-state index is -1.02. The number of hydrogen-bond donors (Lipinski definition) is 1. The molecule has 1 N–H and O–H groups in total. The third kappa shape index (κ3) is 5.66. The van der Waals surface area contributed by atoms with Gasteiger partial charge in [0.25, 0.3) is 0 Å². The topological polar surface area (TPSA) is 57.6 Å². The lowest BCUT2D eigenvalue weighted by Crippen LogP contribution is -2.30. The number of aliphatic carboxylic acids is 1. The van der Waals surface area contributed by atoms with Gasteiger partial charge < -0.3 is 10.0 Å². The van der Waals surface area contributed by atoms with Crippen LogP contribution < -0.4 is 0 Å². The Kier molecular flexibility index (Phi) is 5.27. The number of carbonyl (C=O) groups excluding carboxylic acids is 1. The molecular formula is C9H13NO3. The van der Waals surface area contributed by atoms with E-state index in [0.717, 1.165) is 4.90 Å². The van der Waals surface area contributed by atoms with Crippen molar-refractivity contribution in [2.75, 3.05) is 13.6 Å². The predicted octanol–water partition coefficient (Wildman–Crippen LogP) is 0.662. The number of hydrogen-bond acceptors (Lipinski definition) is 2. The lowest BCUT2D eigenvalue weighted by Gasteiger charge is -2.10. The highest BCUT2D eigenvalue weighted by Crippen LogP contribution is 1.87. The molecule has 0 bridgehead atoms. The molecule has 72 valence electrons. The molecule has 0 aromatic heterocycles. The SMILES string of the molecule is CC=CC=CC(=O)N(C)CC(=O)O. The summed E-state index contributed by atoms with van der Waals surface area (Å²) < 4.78 is 0. The molecule has 0 aliphatic carbocycles. The van der Waals surface area contributed by atoms with E-state index in [4.69, 9.17) is 5.11 Å². The van der Waals surface area contributed by atoms with E-state index in [0.29, 0.717) is 0 Å². The monoisotopic (exact) mass is 183 g/mol. The van der Waals surface area contributed by atoms with Gasteiger partial charge in [-0.05, 0) is 6.92 Å². The van der Waals surface area contributed by atoms with Gasteiger partial charge in [0.15, 0.2) is 0 Å². The molecule has 0 atom stereocenters. The second-order valence-corrected chi connectivity index (χ2v) is 2.47. The average molecular weight is 183 g/mol. The Hall–Kier alpha value is -1.58. The maximum absolute atomic E-state index is 11.1. The molecule has 0 unspecified atom stereocenters. The Morgan fingerprint density at radius 2 is 2.00 bits per heavy atom. The number of likely N-dealkylation sites (N-methyl/N-ethyl adjacent to an activating group) is 1. The largest absolute Gasteiger partial charge is 0.480 e. The smallest absolute Gasteiger partial charge is 0.323 e. The van der Waals surface area contributed by atoms with E-state index in [1.807, 2.05) is 6.92 Å². The third-order valence-corrected chi connectivity index (χ3v) is 1.29. The fourth-order valence-corrected chi connectivity index (χ4v) is 0.657. The molecule has 13 heavy (non-hydrogen) atoms. The van der Waals surface area contributed by atoms with Gasteiger partial charge in [0.05, 0.1) is 0 Å². The van der Waals surface area contributed by atoms with Crippen LogP contribution in [0.1, 0.15) is 6.92 Å². The van der Waals surface area contributed by atoms with E-state index in [2.05, 4.69) is 0 Å². The van der Waals surface area contributed by atoms with Gasteiger partial charge in [-0.25, -0.2) is 0 Å². The standard InChI is InChI=1S/C9H13NO3/c1-3-4-5-6-8(11)10(2)7-9(12)13/h3-6H,7H2,1-2H3,(H,12,13). The van der Waals surface area contributed by atoms with Crippen molar-refractivity contribution in [3.8, 4) is 0 Å². The number of amides is 1. The van der Waals surface area contributed by atoms with Crippen LogP contribution >= 0.6 is 0 Å². The third-order valence-electron chi connectivity index (χ3n) is 1.29. The van der Waals surface area contributed by atoms with Gasteiger partial charge >= 0.3 is 5.97 Å². The van der Waals surface area contributed by atoms with Crippen LogP contribution in [-0.4, -0.2) is 35.5 Å². The first-order chi connectivity index (χ1) is 6.07. The van der Waals surface area contributed by atoms with Crippen LogP contribution in [0, 0.1) is 0 Å². The first kappa shape index (κ1) is 11.4. The molecule has 0 spiro atoms. The van der Waals surface area contributed by atoms with E-state index >= 15 is 0 Å². The van der Waals surface area contributed by atoms with Crippen LogP contribution in [0.2, 0.25) is 0 Å². The lowest BCUT2D eigenvalue weighted by molar-refractivity contribution is -0.141. The molecule has 4 nitrogen and oxygen atoms in total. The average Bonchev–Trinajstić information content (AvgIpc) is 2.03. The van der Waals surface area contributed by atoms with E-state index in [-0.39, 0.29) is 12.5 Å². The Bertz CT molecular complexity index is 243. The van der Waals surface area contributed by atoms with E-state index in [9.17, 15) is 9.59 Å². The zero-order valence-corrected chi connectivity index (χ0v) is 7.73. The highest BCUT2D eigenvalue weighted by molar-refractivity contribution is 5.89. The van der Waals surface area contributed by atoms with Crippen molar-refractivity contribution in [3.05, 3.63) is 24.3 Å². The van der Waals surface area contributed by atoms with Crippen LogP contribution in [0.25, 0.3) is 0 Å². The van der Waals surface area contributed by atoms with Crippen molar-refractivity contribution in [2.45, 2.75) is 6.92 Å². The number of nitrogens with zero attached hydrogens (tertiary/aromatic N) is 1. The maximum Gasteiger partial charge on any atom is 0.323 e. The van der Waals surface area contributed by atoms with Crippen LogP contribution in [0.3, 0.4) is 0 Å². The number of allylic oxidation sites excluding steroid dienone is 3. The molecule has 4 heteroatoms. The van der Waals surface area contributed by atoms with Crippen molar-refractivity contribution in [1.82, 2.24) is 4.90 Å². The summed E-state index contributed by atoms with van der Waals surface area (Å²) in [5.41, 5.74) is 0. The van der Waals surface area contributed by atoms with Gasteiger partial charge in [-0.15, -0.1) is 0 Å². The molecule has 1 amide bonds. The summed E-state index contributed by atoms with van der Waals surface area (Å²) in [6.07, 6.45) is 6.37. The second kappa shape index (κ2) is 5.99. The van der Waals surface area contributed by atoms with Gasteiger partial charge in [0, 0.05) is 13.1 Å². The number of carbonyl (C=O) groups is 2. The van der Waals surface area contributed by atoms with Crippen molar-refractivity contribution in [1.29, 1.82) is 0 Å². The second-order valence-electron chi connectivity index (χ2n) is 2.47. The van der Waals surface area contributed by atoms with Gasteiger partial charge in [-0.3, -0.25) is 9.59 Å². The summed E-state index contributed by atoms with van der Waals surface area (Å²) in [5, 5.41) is 8.37. The van der Waals surface area contributed by atoms with Gasteiger partial charge in [0.2, 0.25) is 5.91 Å². The Morgan fingerprint density at radius 1 is 1.38 bits per heavy atom. The zero-order valence-electron chi connectivity index (χ0n) is 7.73. The summed E-state index contributed by atoms with van der Waals surface area (Å²) in [7, 11) is 1.44. The van der Waals surface area contributed by atoms with Crippen LogP contribution in [-0.2, 0) is 9.59 Å². The summed E-state index contributed by atoms with van der Waals surface area (Å²) in [4.78, 5) is 22.4. The highest BCUT2D eigenvalue weighted by Gasteiger charge is 2.07. The quantitative estimate of drug-likeness (QED) is 0.514. The Morgan fingerprint density at radius 3 is 2.46 bits per heavy atom. The van der Waals surface area contributed by atoms with Gasteiger partial charge in [0.1, 0.15) is 6.54 Å². The number of carboxylic acids is 1. The maximum atomic E-state index is 11.1. The van der Waals surface area contributed by atoms with Crippen molar-refractivity contribution >= 4 is 11.9 Å². The molecule has 0 aliphatic heterocycles. The van der Waals surface area contributed by atoms with Gasteiger partial charge in [-0.2, -0.15) is 0 Å². The predicted molar refractivity (Wildman–Crippen MR) is 49.2 cm³/mol. The summed E-state index contributed by atoms with van der Waals surface area (Å²) in [5.74, 6) is -1.34. The molecular weight excluding hydrogens is 170 g/mol. The fraction of sp³-hybridized carbons (Fsp3) is 0.333. The lowest BCUT2D eigenvalue weighted by atomic mass is 10.4. The minimum absolute atomic E-state index is 0.279. The summed E-state index contributed by atoms with van der Waals surface area (Å²) in [6.45, 7) is 1.55. The van der Waals surface area contributed by atoms with E-state index < -0.39 is 5.97 Å². The molecule has 0 radical (unpaired) electrons. The summed E-state index contributed by atoms with van der Waals surface area (Å²) >= 11 is 0. The first-order valence-electron chi connectivity index (χ1n) is 3.84. The van der Waals surface area contributed by atoms with Crippen molar-refractivity contribution in [2.24, 2.45) is 0 Å². The van der Waals surface area contributed by atoms with E-state index in [1.54, 1.807) is 18.2 Å². The molecule has 0 aliphatic rings. The summed E-state index contributed by atoms with van der Waals surface area (Å²) in [6, 6.07) is 0. The fourth-order valence-electron chi connectivity index (χ4n) is 0.657. The first-order valence-corrected chi connectivity index (χ1v) is 3.84. The molecule has 0 heterocycles. The molecule has 0 rings (SSSR count). The highest BCUT2D eigenvalue weighted by atomic mass is 16.4. The molecule has 0 saturated carbocycles. The molecule has 0 fully saturated rings. The van der Waals surface area contributed by atoms with Crippen LogP contribution in [0.5, 0.6) is 0 Å². The Balaban J connectivity index is 4.03. The van der Waals surface area contributed by atoms with Crippen molar-refractivity contribution in [3.63, 3.8) is 0 Å². The number of carboxylic acid groups (broad SMARTS) is 1. The molecule has 0 aromatic rings. The van der Waals surface area contributed by atoms with Crippen LogP contribution in [0.4, 0.5) is 0 Å². The van der Waals surface area contributed by atoms with Crippen molar-refractivity contribution < 1.29 is 14.7 Å². The zero-order chi connectivity index (χ0) is 10.3. The minimum Gasteiger partial charge on any atom is -0.480 e. The van der Waals surface area contributed by atoms with Gasteiger partial charge in [-0.1, -0.05) is 18.2 Å².